The third-order valence-corrected chi connectivity index (χ3v) is 7.49. The van der Waals surface area contributed by atoms with Crippen molar-refractivity contribution in [2.24, 2.45) is 5.92 Å². The maximum Gasteiger partial charge on any atom is 0.226 e. The summed E-state index contributed by atoms with van der Waals surface area (Å²) in [6.07, 6.45) is 5.81. The topological polar surface area (TPSA) is 89.4 Å². The predicted octanol–water partition coefficient (Wildman–Crippen LogP) is 3.80. The van der Waals surface area contributed by atoms with Gasteiger partial charge in [-0.25, -0.2) is 18.7 Å². The molecule has 2 aromatic heterocycles. The van der Waals surface area contributed by atoms with Crippen LogP contribution in [0.4, 0.5) is 14.7 Å². The number of nitrogens with two attached hydrogens (primary N) is 1. The number of aromatic nitrogens is 4. The minimum absolute atomic E-state index is 0.0109. The first kappa shape index (κ1) is 19.8. The number of alkyl halides is 1. The van der Waals surface area contributed by atoms with Crippen molar-refractivity contribution in [3.05, 3.63) is 29.6 Å². The summed E-state index contributed by atoms with van der Waals surface area (Å²) in [4.78, 5) is 23.6. The van der Waals surface area contributed by atoms with Gasteiger partial charge in [0.15, 0.2) is 17.3 Å². The molecular weight excluding hydrogens is 505 g/mol. The zero-order chi connectivity index (χ0) is 21.0. The van der Waals surface area contributed by atoms with Crippen LogP contribution in [0, 0.1) is 17.6 Å². The Morgan fingerprint density at radius 2 is 1.90 bits per heavy atom. The van der Waals surface area contributed by atoms with Gasteiger partial charge in [-0.2, -0.15) is 4.52 Å². The maximum atomic E-state index is 14.2. The van der Waals surface area contributed by atoms with Crippen LogP contribution in [0.2, 0.25) is 0 Å². The van der Waals surface area contributed by atoms with Crippen molar-refractivity contribution >= 4 is 51.0 Å². The van der Waals surface area contributed by atoms with E-state index >= 15 is 0 Å². The summed E-state index contributed by atoms with van der Waals surface area (Å²) in [5.74, 6) is -0.717. The molecule has 0 radical (unpaired) electrons. The summed E-state index contributed by atoms with van der Waals surface area (Å²) < 4.78 is 29.5. The normalized spacial score (nSPS) is 23.0. The fraction of sp³-hybridized carbons (Fsp3) is 0.500. The lowest BCUT2D eigenvalue weighted by Gasteiger charge is -2.37. The fourth-order valence-electron chi connectivity index (χ4n) is 4.63. The quantitative estimate of drug-likeness (QED) is 0.312. The second-order valence-corrected chi connectivity index (χ2v) is 9.58. The Morgan fingerprint density at radius 3 is 2.67 bits per heavy atom. The van der Waals surface area contributed by atoms with Crippen LogP contribution in [-0.4, -0.2) is 41.0 Å². The van der Waals surface area contributed by atoms with Gasteiger partial charge >= 0.3 is 0 Å². The van der Waals surface area contributed by atoms with Gasteiger partial charge in [-0.3, -0.25) is 4.79 Å². The first-order valence-electron chi connectivity index (χ1n) is 10.2. The van der Waals surface area contributed by atoms with Crippen LogP contribution < -0.4 is 5.73 Å². The van der Waals surface area contributed by atoms with Crippen molar-refractivity contribution in [1.82, 2.24) is 24.5 Å². The number of carbonyl (C=O) groups is 1. The molecule has 0 unspecified atom stereocenters. The molecule has 5 rings (SSSR count). The van der Waals surface area contributed by atoms with Gasteiger partial charge in [0.05, 0.1) is 9.43 Å². The Balaban J connectivity index is 1.52. The molecule has 3 heterocycles. The van der Waals surface area contributed by atoms with E-state index in [0.29, 0.717) is 12.4 Å². The largest absolute Gasteiger partial charge is 0.368 e. The zero-order valence-corrected chi connectivity index (χ0v) is 18.3. The van der Waals surface area contributed by atoms with Gasteiger partial charge in [-0.15, -0.1) is 5.10 Å². The molecule has 1 aromatic carbocycles. The minimum Gasteiger partial charge on any atom is -0.368 e. The molecule has 2 atom stereocenters. The van der Waals surface area contributed by atoms with Crippen molar-refractivity contribution in [3.63, 3.8) is 0 Å². The predicted molar refractivity (Wildman–Crippen MR) is 116 cm³/mol. The second-order valence-electron chi connectivity index (χ2n) is 8.14. The van der Waals surface area contributed by atoms with Gasteiger partial charge in [0.25, 0.3) is 0 Å². The molecule has 10 heteroatoms. The van der Waals surface area contributed by atoms with Crippen molar-refractivity contribution in [2.45, 2.75) is 48.5 Å². The van der Waals surface area contributed by atoms with E-state index in [0.717, 1.165) is 44.6 Å². The molecule has 1 amide bonds. The molecule has 2 N–H and O–H groups in total. The van der Waals surface area contributed by atoms with E-state index in [-0.39, 0.29) is 44.3 Å². The molecule has 1 saturated heterocycles. The third kappa shape index (κ3) is 3.28. The van der Waals surface area contributed by atoms with Crippen molar-refractivity contribution < 1.29 is 13.6 Å². The number of likely N-dealkylation sites (tertiary alicyclic amines) is 1. The molecule has 30 heavy (non-hydrogen) atoms. The molecule has 2 aliphatic rings. The smallest absolute Gasteiger partial charge is 0.226 e. The number of nitrogen functional groups attached to an aromatic ring is 1. The first-order chi connectivity index (χ1) is 14.4. The van der Waals surface area contributed by atoms with Gasteiger partial charge in [-0.1, -0.05) is 35.4 Å². The molecule has 1 saturated carbocycles. The number of benzene rings is 1. The number of nitrogens with zero attached hydrogens (tertiary/aromatic N) is 5. The van der Waals surface area contributed by atoms with Gasteiger partial charge in [0.1, 0.15) is 11.3 Å². The standard InChI is InChI=1S/C20H21F2IN6O/c21-12-7-13-16(14(22)8-12)25-20(24)29-18(13)26-17(27-29)11-5-6-15(23)28(9-11)19(30)10-3-1-2-4-10/h7-8,10-11,15H,1-6,9H2,(H2,24,25)/t11-,15-/m1/s1. The van der Waals surface area contributed by atoms with Crippen LogP contribution in [-0.2, 0) is 4.79 Å². The van der Waals surface area contributed by atoms with E-state index in [1.54, 1.807) is 0 Å². The number of hydrogen-bond acceptors (Lipinski definition) is 5. The molecule has 0 spiro atoms. The highest BCUT2D eigenvalue weighted by molar-refractivity contribution is 14.1. The van der Waals surface area contributed by atoms with Crippen LogP contribution >= 0.6 is 22.6 Å². The molecule has 1 aliphatic carbocycles. The van der Waals surface area contributed by atoms with E-state index < -0.39 is 11.6 Å². The van der Waals surface area contributed by atoms with Crippen LogP contribution in [0.25, 0.3) is 16.6 Å². The average molecular weight is 526 g/mol. The number of carbonyl (C=O) groups excluding carboxylic acids is 1. The molecule has 7 nitrogen and oxygen atoms in total. The number of anilines is 1. The molecule has 1 aliphatic heterocycles. The van der Waals surface area contributed by atoms with Crippen molar-refractivity contribution in [3.8, 4) is 0 Å². The zero-order valence-electron chi connectivity index (χ0n) is 16.2. The summed E-state index contributed by atoms with van der Waals surface area (Å²) in [5.41, 5.74) is 6.22. The van der Waals surface area contributed by atoms with E-state index in [9.17, 15) is 13.6 Å². The van der Waals surface area contributed by atoms with Gasteiger partial charge in [-0.05, 0) is 31.7 Å². The molecule has 0 bridgehead atoms. The Kier molecular flexibility index (Phi) is 4.98. The average Bonchev–Trinajstić information content (AvgIpc) is 3.39. The highest BCUT2D eigenvalue weighted by Crippen LogP contribution is 2.36. The summed E-state index contributed by atoms with van der Waals surface area (Å²) in [5, 5.41) is 4.72. The number of hydrogen-bond donors (Lipinski definition) is 1. The second kappa shape index (κ2) is 7.54. The van der Waals surface area contributed by atoms with Crippen LogP contribution in [0.15, 0.2) is 12.1 Å². The summed E-state index contributed by atoms with van der Waals surface area (Å²) in [7, 11) is 0. The van der Waals surface area contributed by atoms with Crippen molar-refractivity contribution in [2.75, 3.05) is 12.3 Å². The SMILES string of the molecule is Nc1nc2c(F)cc(F)cc2c2nc([C@@H]3CC[C@H](I)N(C(=O)C4CCCC4)C3)nn12. The lowest BCUT2D eigenvalue weighted by Crippen LogP contribution is -2.45. The number of piperidine rings is 1. The number of halogens is 3. The number of rotatable bonds is 2. The van der Waals surface area contributed by atoms with E-state index in [1.165, 1.54) is 10.6 Å². The Morgan fingerprint density at radius 1 is 1.13 bits per heavy atom. The van der Waals surface area contributed by atoms with Crippen LogP contribution in [0.5, 0.6) is 0 Å². The molecule has 158 valence electrons. The van der Waals surface area contributed by atoms with Crippen LogP contribution in [0.3, 0.4) is 0 Å². The number of fused-ring (bicyclic) bond motifs is 3. The minimum atomic E-state index is -0.789. The Hall–Kier alpha value is -2.11. The fourth-order valence-corrected chi connectivity index (χ4v) is 5.49. The molecular formula is C20H21F2IN6O. The van der Waals surface area contributed by atoms with Crippen LogP contribution in [0.1, 0.15) is 50.3 Å². The highest BCUT2D eigenvalue weighted by atomic mass is 127. The van der Waals surface area contributed by atoms with Crippen molar-refractivity contribution in [1.29, 1.82) is 0 Å². The lowest BCUT2D eigenvalue weighted by molar-refractivity contribution is -0.137. The highest BCUT2D eigenvalue weighted by Gasteiger charge is 2.36. The van der Waals surface area contributed by atoms with Gasteiger partial charge in [0, 0.05) is 24.4 Å². The monoisotopic (exact) mass is 526 g/mol. The number of amides is 1. The third-order valence-electron chi connectivity index (χ3n) is 6.20. The summed E-state index contributed by atoms with van der Waals surface area (Å²) in [6.45, 7) is 0.536. The van der Waals surface area contributed by atoms with E-state index in [2.05, 4.69) is 37.7 Å². The van der Waals surface area contributed by atoms with Gasteiger partial charge in [0.2, 0.25) is 11.9 Å². The lowest BCUT2D eigenvalue weighted by atomic mass is 9.95. The maximum absolute atomic E-state index is 14.2. The Labute approximate surface area is 185 Å². The van der Waals surface area contributed by atoms with Gasteiger partial charge < -0.3 is 10.6 Å². The molecule has 3 aromatic rings. The van der Waals surface area contributed by atoms with E-state index in [1.807, 2.05) is 4.90 Å². The Bertz CT molecular complexity index is 1150. The van der Waals surface area contributed by atoms with E-state index in [4.69, 9.17) is 5.73 Å². The summed E-state index contributed by atoms with van der Waals surface area (Å²) in [6, 6.07) is 1.97. The first-order valence-corrected chi connectivity index (χ1v) is 11.4. The molecule has 2 fully saturated rings. The summed E-state index contributed by atoms with van der Waals surface area (Å²) >= 11 is 2.33.